The van der Waals surface area contributed by atoms with Gasteiger partial charge in [-0.2, -0.15) is 5.10 Å². The van der Waals surface area contributed by atoms with E-state index in [0.29, 0.717) is 18.7 Å². The summed E-state index contributed by atoms with van der Waals surface area (Å²) in [6.07, 6.45) is 6.57. The maximum atomic E-state index is 5.68. The average molecular weight is 408 g/mol. The predicted molar refractivity (Wildman–Crippen MR) is 119 cm³/mol. The van der Waals surface area contributed by atoms with Crippen molar-refractivity contribution in [2.75, 3.05) is 53.4 Å². The number of aromatic nitrogens is 2. The summed E-state index contributed by atoms with van der Waals surface area (Å²) in [7, 11) is 6.13. The molecule has 1 aromatic rings. The van der Waals surface area contributed by atoms with E-state index in [1.165, 1.54) is 5.56 Å². The second kappa shape index (κ2) is 12.1. The van der Waals surface area contributed by atoms with Crippen LogP contribution in [0.3, 0.4) is 0 Å². The van der Waals surface area contributed by atoms with Crippen LogP contribution in [0, 0.1) is 0 Å². The second-order valence-electron chi connectivity index (χ2n) is 8.33. The van der Waals surface area contributed by atoms with Crippen LogP contribution in [0.25, 0.3) is 0 Å². The number of likely N-dealkylation sites (N-methyl/N-ethyl adjacent to an activating group) is 1. The molecule has 8 heteroatoms. The highest BCUT2D eigenvalue weighted by Gasteiger charge is 2.21. The van der Waals surface area contributed by atoms with E-state index in [-0.39, 0.29) is 6.04 Å². The van der Waals surface area contributed by atoms with Crippen LogP contribution in [0.1, 0.15) is 45.2 Å². The molecule has 1 aromatic heterocycles. The SMILES string of the molecule is CCNC(=NCC(c1cnn(C)c1)N(C)C)NC1CCN(CCOC(C)C)CC1. The van der Waals surface area contributed by atoms with Crippen LogP contribution in [0.2, 0.25) is 0 Å². The van der Waals surface area contributed by atoms with Crippen molar-refractivity contribution in [3.05, 3.63) is 18.0 Å². The van der Waals surface area contributed by atoms with Crippen LogP contribution < -0.4 is 10.6 Å². The van der Waals surface area contributed by atoms with Gasteiger partial charge in [-0.15, -0.1) is 0 Å². The highest BCUT2D eigenvalue weighted by molar-refractivity contribution is 5.80. The Bertz CT molecular complexity index is 606. The van der Waals surface area contributed by atoms with E-state index in [9.17, 15) is 0 Å². The molecular formula is C21H41N7O. The van der Waals surface area contributed by atoms with E-state index in [0.717, 1.165) is 51.6 Å². The van der Waals surface area contributed by atoms with Gasteiger partial charge in [0.05, 0.1) is 31.5 Å². The van der Waals surface area contributed by atoms with E-state index in [4.69, 9.17) is 9.73 Å². The van der Waals surface area contributed by atoms with Crippen LogP contribution in [0.5, 0.6) is 0 Å². The number of nitrogens with one attached hydrogen (secondary N) is 2. The fourth-order valence-corrected chi connectivity index (χ4v) is 3.59. The minimum atomic E-state index is 0.210. The number of ether oxygens (including phenoxy) is 1. The van der Waals surface area contributed by atoms with E-state index < -0.39 is 0 Å². The van der Waals surface area contributed by atoms with Gasteiger partial charge >= 0.3 is 0 Å². The second-order valence-corrected chi connectivity index (χ2v) is 8.33. The molecule has 1 fully saturated rings. The smallest absolute Gasteiger partial charge is 0.191 e. The van der Waals surface area contributed by atoms with Crippen molar-refractivity contribution in [1.29, 1.82) is 0 Å². The summed E-state index contributed by atoms with van der Waals surface area (Å²) in [5.74, 6) is 0.907. The predicted octanol–water partition coefficient (Wildman–Crippen LogP) is 1.47. The number of nitrogens with zero attached hydrogens (tertiary/aromatic N) is 5. The first-order valence-electron chi connectivity index (χ1n) is 10.9. The number of aliphatic imine (C=N–C) groups is 1. The van der Waals surface area contributed by atoms with Gasteiger partial charge in [-0.05, 0) is 47.7 Å². The number of guanidine groups is 1. The van der Waals surface area contributed by atoms with E-state index in [1.54, 1.807) is 0 Å². The molecule has 1 aliphatic rings. The van der Waals surface area contributed by atoms with E-state index >= 15 is 0 Å². The molecule has 0 aliphatic carbocycles. The van der Waals surface area contributed by atoms with Crippen molar-refractivity contribution < 1.29 is 4.74 Å². The number of likely N-dealkylation sites (tertiary alicyclic amines) is 1. The number of aryl methyl sites for hydroxylation is 1. The molecular weight excluding hydrogens is 366 g/mol. The first kappa shape index (κ1) is 23.6. The molecule has 0 amide bonds. The molecule has 2 heterocycles. The molecule has 0 aromatic carbocycles. The van der Waals surface area contributed by atoms with Crippen molar-refractivity contribution in [2.45, 2.75) is 51.8 Å². The van der Waals surface area contributed by atoms with Crippen LogP contribution >= 0.6 is 0 Å². The first-order chi connectivity index (χ1) is 13.9. The normalized spacial score (nSPS) is 17.9. The topological polar surface area (TPSA) is 70.0 Å². The van der Waals surface area contributed by atoms with Crippen molar-refractivity contribution in [3.63, 3.8) is 0 Å². The molecule has 1 aliphatic heterocycles. The lowest BCUT2D eigenvalue weighted by Crippen LogP contribution is -2.49. The molecule has 0 radical (unpaired) electrons. The lowest BCUT2D eigenvalue weighted by atomic mass is 10.1. The van der Waals surface area contributed by atoms with Crippen molar-refractivity contribution >= 4 is 5.96 Å². The maximum absolute atomic E-state index is 5.68. The quantitative estimate of drug-likeness (QED) is 0.452. The Kier molecular flexibility index (Phi) is 9.90. The highest BCUT2D eigenvalue weighted by Crippen LogP contribution is 2.17. The molecule has 1 unspecified atom stereocenters. The van der Waals surface area contributed by atoms with Gasteiger partial charge < -0.3 is 25.2 Å². The Morgan fingerprint density at radius 1 is 1.34 bits per heavy atom. The summed E-state index contributed by atoms with van der Waals surface area (Å²) in [6.45, 7) is 11.9. The Labute approximate surface area is 176 Å². The van der Waals surface area contributed by atoms with Crippen molar-refractivity contribution in [1.82, 2.24) is 30.2 Å². The minimum absolute atomic E-state index is 0.210. The molecule has 2 N–H and O–H groups in total. The molecule has 0 bridgehead atoms. The number of hydrogen-bond donors (Lipinski definition) is 2. The van der Waals surface area contributed by atoms with Crippen LogP contribution in [-0.4, -0.2) is 91.1 Å². The van der Waals surface area contributed by atoms with Gasteiger partial charge in [0.1, 0.15) is 0 Å². The Hall–Kier alpha value is -1.64. The van der Waals surface area contributed by atoms with Crippen LogP contribution in [-0.2, 0) is 11.8 Å². The summed E-state index contributed by atoms with van der Waals surface area (Å²) in [5, 5.41) is 11.4. The third-order valence-corrected chi connectivity index (χ3v) is 5.29. The molecule has 2 rings (SSSR count). The van der Waals surface area contributed by atoms with Gasteiger partial charge in [-0.3, -0.25) is 9.67 Å². The van der Waals surface area contributed by atoms with Crippen molar-refractivity contribution in [3.8, 4) is 0 Å². The molecule has 29 heavy (non-hydrogen) atoms. The summed E-state index contributed by atoms with van der Waals surface area (Å²) in [4.78, 5) is 9.58. The van der Waals surface area contributed by atoms with Gasteiger partial charge in [0.2, 0.25) is 0 Å². The summed E-state index contributed by atoms with van der Waals surface area (Å²) in [5.41, 5.74) is 1.19. The summed E-state index contributed by atoms with van der Waals surface area (Å²) < 4.78 is 7.53. The zero-order valence-corrected chi connectivity index (χ0v) is 19.2. The molecule has 0 saturated carbocycles. The highest BCUT2D eigenvalue weighted by atomic mass is 16.5. The van der Waals surface area contributed by atoms with Crippen LogP contribution in [0.15, 0.2) is 17.4 Å². The summed E-state index contributed by atoms with van der Waals surface area (Å²) >= 11 is 0. The first-order valence-corrected chi connectivity index (χ1v) is 10.9. The lowest BCUT2D eigenvalue weighted by molar-refractivity contribution is 0.0532. The third-order valence-electron chi connectivity index (χ3n) is 5.29. The van der Waals surface area contributed by atoms with Gasteiger partial charge in [-0.1, -0.05) is 0 Å². The van der Waals surface area contributed by atoms with E-state index in [2.05, 4.69) is 66.6 Å². The van der Waals surface area contributed by atoms with Gasteiger partial charge in [0.25, 0.3) is 0 Å². The molecule has 166 valence electrons. The van der Waals surface area contributed by atoms with Crippen LogP contribution in [0.4, 0.5) is 0 Å². The average Bonchev–Trinajstić information content (AvgIpc) is 3.09. The fraction of sp³-hybridized carbons (Fsp3) is 0.810. The monoisotopic (exact) mass is 407 g/mol. The number of rotatable bonds is 10. The van der Waals surface area contributed by atoms with E-state index in [1.807, 2.05) is 17.9 Å². The van der Waals surface area contributed by atoms with Gasteiger partial charge in [-0.25, -0.2) is 0 Å². The fourth-order valence-electron chi connectivity index (χ4n) is 3.59. The van der Waals surface area contributed by atoms with Gasteiger partial charge in [0, 0.05) is 51.0 Å². The zero-order valence-electron chi connectivity index (χ0n) is 19.2. The Morgan fingerprint density at radius 3 is 2.62 bits per heavy atom. The minimum Gasteiger partial charge on any atom is -0.377 e. The molecule has 1 atom stereocenters. The van der Waals surface area contributed by atoms with Gasteiger partial charge in [0.15, 0.2) is 5.96 Å². The number of hydrogen-bond acceptors (Lipinski definition) is 5. The number of piperidine rings is 1. The molecule has 8 nitrogen and oxygen atoms in total. The largest absolute Gasteiger partial charge is 0.377 e. The standard InChI is InChI=1S/C21H41N7O/c1-7-22-21(23-15-20(26(4)5)18-14-24-27(6)16-18)25-19-8-10-28(11-9-19)12-13-29-17(2)3/h14,16-17,19-20H,7-13,15H2,1-6H3,(H2,22,23,25). The lowest BCUT2D eigenvalue weighted by Gasteiger charge is -2.33. The Morgan fingerprint density at radius 2 is 2.07 bits per heavy atom. The summed E-state index contributed by atoms with van der Waals surface area (Å²) in [6, 6.07) is 0.674. The van der Waals surface area contributed by atoms with Crippen molar-refractivity contribution in [2.24, 2.45) is 12.0 Å². The zero-order chi connectivity index (χ0) is 21.2. The third kappa shape index (κ3) is 8.32. The maximum Gasteiger partial charge on any atom is 0.191 e. The molecule has 1 saturated heterocycles. The Balaban J connectivity index is 1.86. The molecule has 0 spiro atoms.